The second-order valence-electron chi connectivity index (χ2n) is 9.03. The van der Waals surface area contributed by atoms with E-state index in [2.05, 4.69) is 19.9 Å². The lowest BCUT2D eigenvalue weighted by atomic mass is 10.1. The Morgan fingerprint density at radius 3 is 2.54 bits per heavy atom. The van der Waals surface area contributed by atoms with Crippen molar-refractivity contribution in [3.8, 4) is 0 Å². The number of nitrogens with zero attached hydrogens (tertiary/aromatic N) is 5. The van der Waals surface area contributed by atoms with E-state index in [-0.39, 0.29) is 22.5 Å². The summed E-state index contributed by atoms with van der Waals surface area (Å²) in [5.41, 5.74) is 2.22. The highest BCUT2D eigenvalue weighted by Gasteiger charge is 2.26. The molecule has 0 saturated carbocycles. The van der Waals surface area contributed by atoms with Crippen LogP contribution in [0.4, 0.5) is 0 Å². The molecular weight excluding hydrogens is 464 g/mol. The van der Waals surface area contributed by atoms with Crippen LogP contribution in [0.2, 0.25) is 0 Å². The number of aromatic amines is 1. The minimum absolute atomic E-state index is 0.103. The van der Waals surface area contributed by atoms with Crippen molar-refractivity contribution in [1.29, 1.82) is 0 Å². The summed E-state index contributed by atoms with van der Waals surface area (Å²) in [7, 11) is 0. The van der Waals surface area contributed by atoms with Crippen molar-refractivity contribution in [3.63, 3.8) is 0 Å². The molecule has 5 rings (SSSR count). The molecule has 1 aliphatic rings. The highest BCUT2D eigenvalue weighted by atomic mass is 32.1. The van der Waals surface area contributed by atoms with Gasteiger partial charge < -0.3 is 14.5 Å². The lowest BCUT2D eigenvalue weighted by molar-refractivity contribution is 0.0623. The van der Waals surface area contributed by atoms with Crippen LogP contribution in [-0.2, 0) is 13.1 Å². The molecule has 0 radical (unpaired) electrons. The molecule has 5 heterocycles. The van der Waals surface area contributed by atoms with Gasteiger partial charge in [-0.3, -0.25) is 19.3 Å². The molecule has 4 aromatic rings. The zero-order chi connectivity index (χ0) is 24.9. The lowest BCUT2D eigenvalue weighted by Gasteiger charge is -2.34. The fourth-order valence-electron chi connectivity index (χ4n) is 4.62. The van der Waals surface area contributed by atoms with Crippen molar-refractivity contribution in [2.75, 3.05) is 26.2 Å². The van der Waals surface area contributed by atoms with Gasteiger partial charge in [0.2, 0.25) is 5.43 Å². The zero-order valence-corrected chi connectivity index (χ0v) is 21.2. The lowest BCUT2D eigenvalue weighted by Crippen LogP contribution is -2.49. The van der Waals surface area contributed by atoms with E-state index in [4.69, 9.17) is 0 Å². The first-order chi connectivity index (χ1) is 16.8. The van der Waals surface area contributed by atoms with E-state index < -0.39 is 0 Å². The molecule has 4 aromatic heterocycles. The van der Waals surface area contributed by atoms with Crippen molar-refractivity contribution in [2.24, 2.45) is 0 Å². The van der Waals surface area contributed by atoms with Crippen LogP contribution < -0.4 is 11.0 Å². The summed E-state index contributed by atoms with van der Waals surface area (Å²) in [5.74, 6) is 0.378. The maximum Gasteiger partial charge on any atom is 0.259 e. The van der Waals surface area contributed by atoms with Gasteiger partial charge >= 0.3 is 0 Å². The normalized spacial score (nSPS) is 14.8. The van der Waals surface area contributed by atoms with E-state index >= 15 is 0 Å². The number of H-pyrrole nitrogens is 1. The Bertz CT molecular complexity index is 1580. The molecule has 0 bridgehead atoms. The van der Waals surface area contributed by atoms with Gasteiger partial charge in [0, 0.05) is 49.5 Å². The molecule has 0 aliphatic carbocycles. The van der Waals surface area contributed by atoms with Gasteiger partial charge in [-0.2, -0.15) is 0 Å². The first-order valence-electron chi connectivity index (χ1n) is 11.8. The monoisotopic (exact) mass is 492 g/mol. The SMILES string of the molecule is CCn1cc(C(=O)N2CCN(Cc3nc4sc(C)c(C)c4c(=O)[nH]3)CC2)c(=O)c2ccc(C)nc21. The maximum absolute atomic E-state index is 13.3. The minimum atomic E-state index is -0.277. The number of amides is 1. The van der Waals surface area contributed by atoms with Crippen molar-refractivity contribution >= 4 is 38.5 Å². The first-order valence-corrected chi connectivity index (χ1v) is 12.6. The van der Waals surface area contributed by atoms with Gasteiger partial charge in [0.25, 0.3) is 11.5 Å². The van der Waals surface area contributed by atoms with Crippen LogP contribution in [0.25, 0.3) is 21.3 Å². The molecule has 0 unspecified atom stereocenters. The Labute approximate surface area is 206 Å². The minimum Gasteiger partial charge on any atom is -0.336 e. The maximum atomic E-state index is 13.3. The Morgan fingerprint density at radius 1 is 1.09 bits per heavy atom. The number of nitrogens with one attached hydrogen (secondary N) is 1. The standard InChI is InChI=1S/C25H28N6O3S/c1-5-30-12-18(21(32)17-7-6-14(2)26-22(17)30)25(34)31-10-8-29(9-11-31)13-19-27-23(33)20-15(3)16(4)35-24(20)28-19/h6-7,12H,5,8-11,13H2,1-4H3,(H,27,28,33). The Hall–Kier alpha value is -3.37. The van der Waals surface area contributed by atoms with Gasteiger partial charge in [-0.25, -0.2) is 9.97 Å². The van der Waals surface area contributed by atoms with Gasteiger partial charge in [-0.15, -0.1) is 11.3 Å². The summed E-state index contributed by atoms with van der Waals surface area (Å²) in [6.07, 6.45) is 1.64. The summed E-state index contributed by atoms with van der Waals surface area (Å²) in [5, 5.41) is 1.14. The summed E-state index contributed by atoms with van der Waals surface area (Å²) < 4.78 is 1.86. The molecule has 0 atom stereocenters. The third-order valence-corrected chi connectivity index (χ3v) is 7.85. The third-order valence-electron chi connectivity index (χ3n) is 6.75. The van der Waals surface area contributed by atoms with Crippen LogP contribution in [0.15, 0.2) is 27.9 Å². The van der Waals surface area contributed by atoms with Crippen LogP contribution in [0.3, 0.4) is 0 Å². The van der Waals surface area contributed by atoms with Crippen molar-refractivity contribution < 1.29 is 4.79 Å². The molecule has 10 heteroatoms. The van der Waals surface area contributed by atoms with Gasteiger partial charge in [0.1, 0.15) is 21.9 Å². The average molecular weight is 493 g/mol. The third kappa shape index (κ3) is 4.17. The molecule has 182 valence electrons. The van der Waals surface area contributed by atoms with Crippen molar-refractivity contribution in [2.45, 2.75) is 40.8 Å². The van der Waals surface area contributed by atoms with Gasteiger partial charge in [-0.1, -0.05) is 0 Å². The molecule has 35 heavy (non-hydrogen) atoms. The predicted octanol–water partition coefficient (Wildman–Crippen LogP) is 2.60. The van der Waals surface area contributed by atoms with Crippen molar-refractivity contribution in [3.05, 3.63) is 66.4 Å². The molecule has 9 nitrogen and oxygen atoms in total. The molecule has 1 aliphatic heterocycles. The molecular formula is C25H28N6O3S. The summed E-state index contributed by atoms with van der Waals surface area (Å²) in [6.45, 7) is 11.2. The van der Waals surface area contributed by atoms with Crippen LogP contribution in [0.1, 0.15) is 39.2 Å². The Morgan fingerprint density at radius 2 is 1.83 bits per heavy atom. The number of carbonyl (C=O) groups is 1. The molecule has 1 fully saturated rings. The number of carbonyl (C=O) groups excluding carboxylic acids is 1. The van der Waals surface area contributed by atoms with Gasteiger partial charge in [0.15, 0.2) is 0 Å². The van der Waals surface area contributed by atoms with Crippen LogP contribution in [-0.4, -0.2) is 61.4 Å². The fraction of sp³-hybridized carbons (Fsp3) is 0.400. The topological polar surface area (TPSA) is 104 Å². The predicted molar refractivity (Wildman–Crippen MR) is 137 cm³/mol. The highest BCUT2D eigenvalue weighted by molar-refractivity contribution is 7.18. The van der Waals surface area contributed by atoms with E-state index in [9.17, 15) is 14.4 Å². The molecule has 1 N–H and O–H groups in total. The summed E-state index contributed by atoms with van der Waals surface area (Å²) in [4.78, 5) is 56.8. The number of fused-ring (bicyclic) bond motifs is 2. The van der Waals surface area contributed by atoms with E-state index in [1.165, 1.54) is 11.3 Å². The average Bonchev–Trinajstić information content (AvgIpc) is 3.13. The molecule has 1 amide bonds. The van der Waals surface area contributed by atoms with E-state index in [0.717, 1.165) is 21.0 Å². The quantitative estimate of drug-likeness (QED) is 0.470. The molecule has 0 aromatic carbocycles. The molecule has 0 spiro atoms. The van der Waals surface area contributed by atoms with E-state index in [1.54, 1.807) is 23.2 Å². The second kappa shape index (κ2) is 9.01. The first kappa shape index (κ1) is 23.4. The van der Waals surface area contributed by atoms with Crippen molar-refractivity contribution in [1.82, 2.24) is 29.3 Å². The highest BCUT2D eigenvalue weighted by Crippen LogP contribution is 2.26. The largest absolute Gasteiger partial charge is 0.336 e. The van der Waals surface area contributed by atoms with E-state index in [0.29, 0.717) is 61.5 Å². The summed E-state index contributed by atoms with van der Waals surface area (Å²) >= 11 is 1.54. The van der Waals surface area contributed by atoms with Crippen LogP contribution >= 0.6 is 11.3 Å². The zero-order valence-electron chi connectivity index (χ0n) is 20.3. The number of rotatable bonds is 4. The van der Waals surface area contributed by atoms with Crippen LogP contribution in [0, 0.1) is 20.8 Å². The number of aromatic nitrogens is 4. The number of hydrogen-bond donors (Lipinski definition) is 1. The number of hydrogen-bond acceptors (Lipinski definition) is 7. The number of aryl methyl sites for hydroxylation is 4. The fourth-order valence-corrected chi connectivity index (χ4v) is 5.67. The Balaban J connectivity index is 1.32. The summed E-state index contributed by atoms with van der Waals surface area (Å²) in [6, 6.07) is 3.55. The van der Waals surface area contributed by atoms with Crippen LogP contribution in [0.5, 0.6) is 0 Å². The number of thiophene rings is 1. The number of piperazine rings is 1. The Kier molecular flexibility index (Phi) is 6.02. The molecule has 1 saturated heterocycles. The smallest absolute Gasteiger partial charge is 0.259 e. The second-order valence-corrected chi connectivity index (χ2v) is 10.2. The van der Waals surface area contributed by atoms with Gasteiger partial charge in [0.05, 0.1) is 17.3 Å². The van der Waals surface area contributed by atoms with Gasteiger partial charge in [-0.05, 0) is 45.4 Å². The number of pyridine rings is 2. The van der Waals surface area contributed by atoms with E-state index in [1.807, 2.05) is 32.3 Å².